The summed E-state index contributed by atoms with van der Waals surface area (Å²) < 4.78 is 0. The Kier molecular flexibility index (Phi) is 21.1. The minimum Gasteiger partial charge on any atom is -0.472 e. The zero-order valence-corrected chi connectivity index (χ0v) is 15.1. The van der Waals surface area contributed by atoms with E-state index < -0.39 is 5.97 Å². The summed E-state index contributed by atoms with van der Waals surface area (Å²) in [6, 6.07) is 0. The number of halogens is 1. The monoisotopic (exact) mass is 336 g/mol. The first-order valence-corrected chi connectivity index (χ1v) is 8.49. The summed E-state index contributed by atoms with van der Waals surface area (Å²) in [6.45, 7) is 2.25. The number of hydrogen-bond acceptors (Lipinski definition) is 1. The average Bonchev–Trinajstić information content (AvgIpc) is 2.50. The molecular weight excluding hydrogens is 308 g/mol. The van der Waals surface area contributed by atoms with Gasteiger partial charge in [-0.3, -0.25) is 0 Å². The van der Waals surface area contributed by atoms with Crippen LogP contribution in [0.25, 0.3) is 0 Å². The van der Waals surface area contributed by atoms with Gasteiger partial charge in [0, 0.05) is 12.3 Å². The molecule has 23 heavy (non-hydrogen) atoms. The highest BCUT2D eigenvalue weighted by Gasteiger charge is 1.92. The van der Waals surface area contributed by atoms with Crippen LogP contribution in [0.4, 0.5) is 0 Å². The Bertz CT molecular complexity index is 463. The highest BCUT2D eigenvalue weighted by molar-refractivity contribution is 5.87. The van der Waals surface area contributed by atoms with Crippen molar-refractivity contribution in [2.75, 3.05) is 0 Å². The van der Waals surface area contributed by atoms with E-state index in [2.05, 4.69) is 36.5 Å². The fourth-order valence-corrected chi connectivity index (χ4v) is 2.13. The predicted octanol–water partition coefficient (Wildman–Crippen LogP) is 5.20. The molecule has 0 heterocycles. The lowest BCUT2D eigenvalue weighted by atomic mass is 10.1. The van der Waals surface area contributed by atoms with Crippen molar-refractivity contribution in [1.29, 1.82) is 0 Å². The molecule has 128 valence electrons. The molecule has 0 unspecified atom stereocenters. The number of unbranched alkanes of at least 4 members (excludes halogenated alkanes) is 11. The molecule has 0 aromatic rings. The van der Waals surface area contributed by atoms with E-state index in [9.17, 15) is 4.79 Å². The second-order valence-electron chi connectivity index (χ2n) is 5.39. The van der Waals surface area contributed by atoms with Crippen molar-refractivity contribution < 1.29 is 9.90 Å². The molecule has 0 saturated carbocycles. The highest BCUT2D eigenvalue weighted by Crippen LogP contribution is 2.11. The summed E-state index contributed by atoms with van der Waals surface area (Å²) >= 11 is 0. The largest absolute Gasteiger partial charge is 0.472 e. The smallest absolute Gasteiger partial charge is 0.382 e. The van der Waals surface area contributed by atoms with Crippen molar-refractivity contribution in [3.8, 4) is 35.5 Å². The molecule has 0 bridgehead atoms. The number of rotatable bonds is 11. The summed E-state index contributed by atoms with van der Waals surface area (Å²) in [4.78, 5) is 10.1. The quantitative estimate of drug-likeness (QED) is 0.415. The number of carbonyl (C=O) groups is 1. The molecule has 0 aliphatic heterocycles. The summed E-state index contributed by atoms with van der Waals surface area (Å²) in [5.41, 5.74) is 0. The topological polar surface area (TPSA) is 37.3 Å². The second-order valence-corrected chi connectivity index (χ2v) is 5.39. The van der Waals surface area contributed by atoms with Gasteiger partial charge in [0.1, 0.15) is 0 Å². The van der Waals surface area contributed by atoms with Crippen molar-refractivity contribution >= 4 is 18.4 Å². The van der Waals surface area contributed by atoms with Crippen LogP contribution >= 0.6 is 12.4 Å². The Hall–Kier alpha value is -1.56. The molecule has 0 aliphatic carbocycles. The molecule has 0 aromatic carbocycles. The van der Waals surface area contributed by atoms with Gasteiger partial charge >= 0.3 is 5.97 Å². The van der Waals surface area contributed by atoms with Crippen LogP contribution in [-0.2, 0) is 4.79 Å². The number of carboxylic acids is 1. The molecule has 2 nitrogen and oxygen atoms in total. The Balaban J connectivity index is 0. The fraction of sp³-hybridized carbons (Fsp3) is 0.650. The summed E-state index contributed by atoms with van der Waals surface area (Å²) in [7, 11) is 0. The van der Waals surface area contributed by atoms with Gasteiger partial charge in [-0.1, -0.05) is 77.1 Å². The fourth-order valence-electron chi connectivity index (χ4n) is 2.13. The van der Waals surface area contributed by atoms with Crippen molar-refractivity contribution in [3.05, 3.63) is 0 Å². The molecule has 0 radical (unpaired) electrons. The van der Waals surface area contributed by atoms with Gasteiger partial charge < -0.3 is 5.11 Å². The third-order valence-electron chi connectivity index (χ3n) is 3.35. The van der Waals surface area contributed by atoms with E-state index >= 15 is 0 Å². The van der Waals surface area contributed by atoms with Crippen molar-refractivity contribution in [3.63, 3.8) is 0 Å². The number of hydrogen-bond donors (Lipinski definition) is 1. The lowest BCUT2D eigenvalue weighted by molar-refractivity contribution is -0.130. The van der Waals surface area contributed by atoms with E-state index in [-0.39, 0.29) is 12.4 Å². The standard InChI is InChI=1S/C20H28O2.ClH/c1-2-3-4-5-6-7-8-9-10-11-12-13-14-15-16-17-18-19-20(21)22;/h2-13H2,1H3,(H,21,22);1H. The molecule has 0 spiro atoms. The lowest BCUT2D eigenvalue weighted by Gasteiger charge is -2.01. The lowest BCUT2D eigenvalue weighted by Crippen LogP contribution is -1.85. The summed E-state index contributed by atoms with van der Waals surface area (Å²) in [6.07, 6.45) is 15.5. The molecule has 0 rings (SSSR count). The Morgan fingerprint density at radius 3 is 1.74 bits per heavy atom. The zero-order chi connectivity index (χ0) is 16.3. The van der Waals surface area contributed by atoms with Crippen LogP contribution in [0.15, 0.2) is 0 Å². The van der Waals surface area contributed by atoms with Crippen LogP contribution in [0.3, 0.4) is 0 Å². The normalized spacial score (nSPS) is 8.39. The number of aliphatic carboxylic acids is 1. The van der Waals surface area contributed by atoms with Gasteiger partial charge in [-0.25, -0.2) is 4.79 Å². The SMILES string of the molecule is CCCCCCCCCCCCCC#CC#CC#CC(=O)O.Cl. The first-order valence-electron chi connectivity index (χ1n) is 8.49. The van der Waals surface area contributed by atoms with E-state index in [4.69, 9.17) is 5.11 Å². The highest BCUT2D eigenvalue weighted by atomic mass is 35.5. The zero-order valence-electron chi connectivity index (χ0n) is 14.2. The maximum atomic E-state index is 10.1. The van der Waals surface area contributed by atoms with Crippen LogP contribution in [0.1, 0.15) is 84.0 Å². The molecule has 0 aromatic heterocycles. The Morgan fingerprint density at radius 2 is 1.22 bits per heavy atom. The minimum atomic E-state index is -1.16. The maximum absolute atomic E-state index is 10.1. The van der Waals surface area contributed by atoms with Crippen LogP contribution < -0.4 is 0 Å². The van der Waals surface area contributed by atoms with Gasteiger partial charge in [0.05, 0.1) is 0 Å². The van der Waals surface area contributed by atoms with Crippen molar-refractivity contribution in [1.82, 2.24) is 0 Å². The minimum absolute atomic E-state index is 0. The van der Waals surface area contributed by atoms with E-state index in [0.29, 0.717) is 0 Å². The van der Waals surface area contributed by atoms with E-state index in [1.54, 1.807) is 0 Å². The van der Waals surface area contributed by atoms with E-state index in [1.807, 2.05) is 5.92 Å². The molecular formula is C20H29ClO2. The van der Waals surface area contributed by atoms with Gasteiger partial charge in [0.25, 0.3) is 0 Å². The molecule has 0 fully saturated rings. The number of carboxylic acid groups (broad SMARTS) is 1. The average molecular weight is 337 g/mol. The Labute approximate surface area is 148 Å². The molecule has 0 saturated heterocycles. The van der Waals surface area contributed by atoms with Crippen molar-refractivity contribution in [2.45, 2.75) is 84.0 Å². The van der Waals surface area contributed by atoms with Gasteiger partial charge in [-0.15, -0.1) is 12.4 Å². The van der Waals surface area contributed by atoms with Gasteiger partial charge in [-0.2, -0.15) is 0 Å². The molecule has 0 atom stereocenters. The van der Waals surface area contributed by atoms with Crippen LogP contribution in [0.2, 0.25) is 0 Å². The third-order valence-corrected chi connectivity index (χ3v) is 3.35. The van der Waals surface area contributed by atoms with E-state index in [1.165, 1.54) is 64.2 Å². The first kappa shape index (κ1) is 23.7. The summed E-state index contributed by atoms with van der Waals surface area (Å²) in [5, 5.41) is 8.26. The van der Waals surface area contributed by atoms with Crippen molar-refractivity contribution in [2.24, 2.45) is 0 Å². The molecule has 0 aliphatic rings. The molecule has 0 amide bonds. The van der Waals surface area contributed by atoms with Crippen LogP contribution in [-0.4, -0.2) is 11.1 Å². The van der Waals surface area contributed by atoms with Gasteiger partial charge in [0.2, 0.25) is 0 Å². The second kappa shape index (κ2) is 20.4. The van der Waals surface area contributed by atoms with Gasteiger partial charge in [-0.05, 0) is 30.1 Å². The van der Waals surface area contributed by atoms with E-state index in [0.717, 1.165) is 12.8 Å². The molecule has 3 heteroatoms. The summed E-state index contributed by atoms with van der Waals surface area (Å²) in [5.74, 6) is 13.6. The van der Waals surface area contributed by atoms with Crippen LogP contribution in [0.5, 0.6) is 0 Å². The first-order chi connectivity index (χ1) is 10.8. The molecule has 1 N–H and O–H groups in total. The van der Waals surface area contributed by atoms with Crippen LogP contribution in [0, 0.1) is 35.5 Å². The third kappa shape index (κ3) is 22.9. The predicted molar refractivity (Wildman–Crippen MR) is 99.3 cm³/mol. The van der Waals surface area contributed by atoms with Gasteiger partial charge in [0.15, 0.2) is 0 Å². The Morgan fingerprint density at radius 1 is 0.739 bits per heavy atom. The maximum Gasteiger partial charge on any atom is 0.382 e.